The number of aliphatic hydroxyl groups is 1. The number of benzene rings is 2. The Morgan fingerprint density at radius 2 is 1.83 bits per heavy atom. The van der Waals surface area contributed by atoms with Gasteiger partial charge in [0.1, 0.15) is 0 Å². The predicted molar refractivity (Wildman–Crippen MR) is 99.2 cm³/mol. The predicted octanol–water partition coefficient (Wildman–Crippen LogP) is 3.77. The van der Waals surface area contributed by atoms with E-state index in [0.29, 0.717) is 6.04 Å². The topological polar surface area (TPSA) is 52.6 Å². The number of nitrogens with one attached hydrogen (secondary N) is 1. The van der Waals surface area contributed by atoms with Gasteiger partial charge in [-0.1, -0.05) is 36.4 Å². The first kappa shape index (κ1) is 18.0. The molecule has 4 heteroatoms. The Bertz CT molecular complexity index is 681. The molecular weight excluding hydrogens is 300 g/mol. The number of nitrogens with zero attached hydrogens (tertiary/aromatic N) is 1. The summed E-state index contributed by atoms with van der Waals surface area (Å²) in [7, 11) is 2.02. The van der Waals surface area contributed by atoms with Crippen LogP contribution >= 0.6 is 0 Å². The quantitative estimate of drug-likeness (QED) is 0.849. The molecule has 2 rings (SSSR count). The van der Waals surface area contributed by atoms with Crippen LogP contribution in [-0.2, 0) is 10.4 Å². The molecule has 1 atom stereocenters. The molecule has 0 heterocycles. The molecule has 0 aliphatic heterocycles. The molecule has 4 nitrogen and oxygen atoms in total. The SMILES string of the molecule is CC(C)N(C)c1cccc(NC(=O)CC(C)(O)c2ccccc2)c1. The Morgan fingerprint density at radius 3 is 2.46 bits per heavy atom. The van der Waals surface area contributed by atoms with Crippen LogP contribution in [0.2, 0.25) is 0 Å². The number of anilines is 2. The van der Waals surface area contributed by atoms with Gasteiger partial charge in [-0.25, -0.2) is 0 Å². The Labute approximate surface area is 144 Å². The van der Waals surface area contributed by atoms with Gasteiger partial charge in [0.05, 0.1) is 12.0 Å². The Morgan fingerprint density at radius 1 is 1.17 bits per heavy atom. The third kappa shape index (κ3) is 4.59. The Hall–Kier alpha value is -2.33. The summed E-state index contributed by atoms with van der Waals surface area (Å²) in [5, 5.41) is 13.5. The molecule has 128 valence electrons. The van der Waals surface area contributed by atoms with Crippen LogP contribution in [0.5, 0.6) is 0 Å². The summed E-state index contributed by atoms with van der Waals surface area (Å²) < 4.78 is 0. The molecule has 1 amide bonds. The number of carbonyl (C=O) groups excluding carboxylic acids is 1. The summed E-state index contributed by atoms with van der Waals surface area (Å²) in [6.45, 7) is 5.88. The number of carbonyl (C=O) groups is 1. The van der Waals surface area contributed by atoms with Crippen molar-refractivity contribution >= 4 is 17.3 Å². The van der Waals surface area contributed by atoms with Crippen LogP contribution in [0.15, 0.2) is 54.6 Å². The van der Waals surface area contributed by atoms with Crippen molar-refractivity contribution in [2.24, 2.45) is 0 Å². The van der Waals surface area contributed by atoms with Crippen LogP contribution < -0.4 is 10.2 Å². The highest BCUT2D eigenvalue weighted by molar-refractivity contribution is 5.92. The van der Waals surface area contributed by atoms with Crippen molar-refractivity contribution in [1.82, 2.24) is 0 Å². The molecule has 0 bridgehead atoms. The number of hydrogen-bond donors (Lipinski definition) is 2. The molecule has 0 saturated heterocycles. The molecule has 0 aromatic heterocycles. The van der Waals surface area contributed by atoms with Crippen LogP contribution in [0.3, 0.4) is 0 Å². The highest BCUT2D eigenvalue weighted by Crippen LogP contribution is 2.25. The summed E-state index contributed by atoms with van der Waals surface area (Å²) in [6, 6.07) is 17.3. The lowest BCUT2D eigenvalue weighted by atomic mass is 9.92. The zero-order chi connectivity index (χ0) is 17.7. The van der Waals surface area contributed by atoms with E-state index in [-0.39, 0.29) is 12.3 Å². The van der Waals surface area contributed by atoms with Gasteiger partial charge in [0.15, 0.2) is 0 Å². The first-order valence-corrected chi connectivity index (χ1v) is 8.20. The average Bonchev–Trinajstić information content (AvgIpc) is 2.54. The van der Waals surface area contributed by atoms with E-state index in [2.05, 4.69) is 24.1 Å². The molecule has 0 fully saturated rings. The first-order chi connectivity index (χ1) is 11.3. The van der Waals surface area contributed by atoms with E-state index in [0.717, 1.165) is 16.9 Å². The normalized spacial score (nSPS) is 13.4. The van der Waals surface area contributed by atoms with Crippen molar-refractivity contribution in [2.75, 3.05) is 17.3 Å². The van der Waals surface area contributed by atoms with Crippen molar-refractivity contribution in [3.05, 3.63) is 60.2 Å². The van der Waals surface area contributed by atoms with Crippen molar-refractivity contribution in [3.8, 4) is 0 Å². The van der Waals surface area contributed by atoms with Crippen LogP contribution in [0.4, 0.5) is 11.4 Å². The zero-order valence-corrected chi connectivity index (χ0v) is 14.8. The third-order valence-corrected chi connectivity index (χ3v) is 4.21. The largest absolute Gasteiger partial charge is 0.385 e. The number of hydrogen-bond acceptors (Lipinski definition) is 3. The van der Waals surface area contributed by atoms with E-state index >= 15 is 0 Å². The second kappa shape index (κ2) is 7.49. The van der Waals surface area contributed by atoms with Gasteiger partial charge in [-0.2, -0.15) is 0 Å². The molecule has 2 aromatic carbocycles. The van der Waals surface area contributed by atoms with Gasteiger partial charge < -0.3 is 15.3 Å². The molecular formula is C20H26N2O2. The van der Waals surface area contributed by atoms with Gasteiger partial charge in [0.25, 0.3) is 0 Å². The lowest BCUT2D eigenvalue weighted by molar-refractivity contribution is -0.120. The fourth-order valence-electron chi connectivity index (χ4n) is 2.52. The van der Waals surface area contributed by atoms with Crippen molar-refractivity contribution < 1.29 is 9.90 Å². The summed E-state index contributed by atoms with van der Waals surface area (Å²) in [5.41, 5.74) is 1.30. The summed E-state index contributed by atoms with van der Waals surface area (Å²) in [6.07, 6.45) is 0.00125. The Balaban J connectivity index is 2.06. The van der Waals surface area contributed by atoms with E-state index in [4.69, 9.17) is 0 Å². The van der Waals surface area contributed by atoms with Crippen molar-refractivity contribution in [1.29, 1.82) is 0 Å². The smallest absolute Gasteiger partial charge is 0.227 e. The van der Waals surface area contributed by atoms with Crippen molar-refractivity contribution in [3.63, 3.8) is 0 Å². The van der Waals surface area contributed by atoms with E-state index in [1.54, 1.807) is 6.92 Å². The maximum absolute atomic E-state index is 12.3. The standard InChI is InChI=1S/C20H26N2O2/c1-15(2)22(4)18-12-8-11-17(13-18)21-19(23)14-20(3,24)16-9-6-5-7-10-16/h5-13,15,24H,14H2,1-4H3,(H,21,23). The molecule has 24 heavy (non-hydrogen) atoms. The zero-order valence-electron chi connectivity index (χ0n) is 14.8. The number of amides is 1. The fraction of sp³-hybridized carbons (Fsp3) is 0.350. The molecule has 0 spiro atoms. The molecule has 0 radical (unpaired) electrons. The van der Waals surface area contributed by atoms with Crippen LogP contribution in [-0.4, -0.2) is 24.1 Å². The molecule has 0 saturated carbocycles. The van der Waals surface area contributed by atoms with Crippen LogP contribution in [0.1, 0.15) is 32.8 Å². The van der Waals surface area contributed by atoms with Gasteiger partial charge >= 0.3 is 0 Å². The minimum absolute atomic E-state index is 0.00125. The lowest BCUT2D eigenvalue weighted by Gasteiger charge is -2.25. The van der Waals surface area contributed by atoms with E-state index < -0.39 is 5.60 Å². The third-order valence-electron chi connectivity index (χ3n) is 4.21. The van der Waals surface area contributed by atoms with Gasteiger partial charge in [-0.05, 0) is 44.5 Å². The molecule has 0 aliphatic rings. The van der Waals surface area contributed by atoms with Gasteiger partial charge in [-0.3, -0.25) is 4.79 Å². The number of rotatable bonds is 6. The minimum Gasteiger partial charge on any atom is -0.385 e. The van der Waals surface area contributed by atoms with Crippen LogP contribution in [0.25, 0.3) is 0 Å². The summed E-state index contributed by atoms with van der Waals surface area (Å²) >= 11 is 0. The van der Waals surface area contributed by atoms with Gasteiger partial charge in [0.2, 0.25) is 5.91 Å². The lowest BCUT2D eigenvalue weighted by Crippen LogP contribution is -2.28. The van der Waals surface area contributed by atoms with Gasteiger partial charge in [0, 0.05) is 24.5 Å². The fourth-order valence-corrected chi connectivity index (χ4v) is 2.52. The second-order valence-corrected chi connectivity index (χ2v) is 6.62. The maximum Gasteiger partial charge on any atom is 0.227 e. The van der Waals surface area contributed by atoms with E-state index in [1.165, 1.54) is 0 Å². The monoisotopic (exact) mass is 326 g/mol. The maximum atomic E-state index is 12.3. The highest BCUT2D eigenvalue weighted by Gasteiger charge is 2.26. The molecule has 0 aliphatic carbocycles. The molecule has 2 aromatic rings. The second-order valence-electron chi connectivity index (χ2n) is 6.62. The summed E-state index contributed by atoms with van der Waals surface area (Å²) in [4.78, 5) is 14.5. The minimum atomic E-state index is -1.20. The average molecular weight is 326 g/mol. The van der Waals surface area contributed by atoms with Gasteiger partial charge in [-0.15, -0.1) is 0 Å². The van der Waals surface area contributed by atoms with E-state index in [1.807, 2.05) is 61.6 Å². The van der Waals surface area contributed by atoms with Crippen LogP contribution in [0, 0.1) is 0 Å². The first-order valence-electron chi connectivity index (χ1n) is 8.20. The highest BCUT2D eigenvalue weighted by atomic mass is 16.3. The van der Waals surface area contributed by atoms with Crippen molar-refractivity contribution in [2.45, 2.75) is 38.8 Å². The summed E-state index contributed by atoms with van der Waals surface area (Å²) in [5.74, 6) is -0.215. The van der Waals surface area contributed by atoms with E-state index in [9.17, 15) is 9.90 Å². The Kier molecular flexibility index (Phi) is 5.62. The molecule has 2 N–H and O–H groups in total. The molecule has 1 unspecified atom stereocenters.